The minimum absolute atomic E-state index is 0.131. The van der Waals surface area contributed by atoms with Crippen LogP contribution in [0.2, 0.25) is 0 Å². The topological polar surface area (TPSA) is 85.2 Å². The van der Waals surface area contributed by atoms with Gasteiger partial charge in [0.05, 0.1) is 25.6 Å². The number of ether oxygens (including phenoxy) is 2. The average Bonchev–Trinajstić information content (AvgIpc) is 3.50. The molecule has 1 fully saturated rings. The molecule has 2 aromatic rings. The molecule has 0 spiro atoms. The van der Waals surface area contributed by atoms with E-state index in [0.29, 0.717) is 42.8 Å². The average molecular weight is 455 g/mol. The molecule has 0 saturated heterocycles. The molecule has 1 N–H and O–H groups in total. The number of carbonyl (C=O) groups excluding carboxylic acids is 1. The predicted molar refractivity (Wildman–Crippen MR) is 130 cm³/mol. The number of anilines is 1. The zero-order valence-corrected chi connectivity index (χ0v) is 19.5. The molecule has 1 heterocycles. The first kappa shape index (κ1) is 25.7. The van der Waals surface area contributed by atoms with Crippen molar-refractivity contribution < 1.29 is 18.7 Å². The molecule has 0 unspecified atom stereocenters. The Bertz CT molecular complexity index is 994. The second kappa shape index (κ2) is 12.5. The summed E-state index contributed by atoms with van der Waals surface area (Å²) in [6, 6.07) is 10.3. The second-order valence-corrected chi connectivity index (χ2v) is 7.61. The standard InChI is InChI=1S/C19H25FN2O2.C6H6N2O/c1-6-22-11-18(14(3)21-4)24-12-19(10-13(19)2)15-7-8-16(20)17(9-15)23-5;9-5-8-6-3-1-2-4-7-6/h7-9,11,13H,4,6,10,12H2,1-3,5H3;1-5H,(H,7,8,9)/b18-14+,22-11?;/t13-,19+;/m1./s1. The number of methoxy groups -OCH3 is 1. The minimum Gasteiger partial charge on any atom is -0.494 e. The van der Waals surface area contributed by atoms with Crippen molar-refractivity contribution in [2.75, 3.05) is 25.6 Å². The number of allylic oxidation sites excluding steroid dienone is 2. The van der Waals surface area contributed by atoms with Gasteiger partial charge in [-0.3, -0.25) is 14.8 Å². The van der Waals surface area contributed by atoms with E-state index in [2.05, 4.69) is 33.9 Å². The molecule has 7 nitrogen and oxygen atoms in total. The molecule has 176 valence electrons. The monoisotopic (exact) mass is 454 g/mol. The van der Waals surface area contributed by atoms with Gasteiger partial charge in [-0.25, -0.2) is 9.37 Å². The van der Waals surface area contributed by atoms with Gasteiger partial charge in [-0.2, -0.15) is 0 Å². The maximum absolute atomic E-state index is 13.7. The van der Waals surface area contributed by atoms with E-state index in [1.807, 2.05) is 19.9 Å². The Kier molecular flexibility index (Phi) is 9.72. The molecule has 3 rings (SSSR count). The van der Waals surface area contributed by atoms with Crippen molar-refractivity contribution >= 4 is 25.2 Å². The van der Waals surface area contributed by atoms with E-state index in [1.165, 1.54) is 13.2 Å². The van der Waals surface area contributed by atoms with Crippen molar-refractivity contribution in [2.24, 2.45) is 15.9 Å². The first-order chi connectivity index (χ1) is 15.9. The summed E-state index contributed by atoms with van der Waals surface area (Å²) >= 11 is 0. The summed E-state index contributed by atoms with van der Waals surface area (Å²) in [5, 5.41) is 2.42. The van der Waals surface area contributed by atoms with Gasteiger partial charge in [0.1, 0.15) is 5.82 Å². The number of amides is 1. The molecule has 1 saturated carbocycles. The van der Waals surface area contributed by atoms with Crippen molar-refractivity contribution in [2.45, 2.75) is 32.6 Å². The summed E-state index contributed by atoms with van der Waals surface area (Å²) in [6.45, 7) is 10.7. The minimum atomic E-state index is -0.354. The molecular formula is C25H31FN4O3. The lowest BCUT2D eigenvalue weighted by atomic mass is 9.94. The zero-order valence-electron chi connectivity index (χ0n) is 19.5. The van der Waals surface area contributed by atoms with Gasteiger partial charge in [-0.05, 0) is 62.7 Å². The van der Waals surface area contributed by atoms with E-state index in [1.54, 1.807) is 36.7 Å². The summed E-state index contributed by atoms with van der Waals surface area (Å²) in [5.74, 6) is 1.56. The molecule has 1 aromatic heterocycles. The fourth-order valence-electron chi connectivity index (χ4n) is 3.35. The third-order valence-corrected chi connectivity index (χ3v) is 5.52. The molecule has 1 aliphatic carbocycles. The molecule has 33 heavy (non-hydrogen) atoms. The number of aromatic nitrogens is 1. The summed E-state index contributed by atoms with van der Waals surface area (Å²) in [7, 11) is 1.48. The van der Waals surface area contributed by atoms with Crippen molar-refractivity contribution in [3.8, 4) is 5.75 Å². The predicted octanol–water partition coefficient (Wildman–Crippen LogP) is 4.80. The Labute approximate surface area is 194 Å². The summed E-state index contributed by atoms with van der Waals surface area (Å²) < 4.78 is 24.8. The van der Waals surface area contributed by atoms with Gasteiger partial charge in [-0.1, -0.05) is 19.1 Å². The number of hydrogen-bond donors (Lipinski definition) is 1. The lowest BCUT2D eigenvalue weighted by Gasteiger charge is -2.20. The number of pyridine rings is 1. The lowest BCUT2D eigenvalue weighted by molar-refractivity contribution is -0.105. The number of halogens is 1. The summed E-state index contributed by atoms with van der Waals surface area (Å²) in [4.78, 5) is 21.8. The molecule has 1 aromatic carbocycles. The Morgan fingerprint density at radius 3 is 2.70 bits per heavy atom. The van der Waals surface area contributed by atoms with Crippen LogP contribution in [0.15, 0.2) is 64.0 Å². The Balaban J connectivity index is 0.000000357. The van der Waals surface area contributed by atoms with E-state index in [-0.39, 0.29) is 17.0 Å². The van der Waals surface area contributed by atoms with Gasteiger partial charge in [0.15, 0.2) is 17.3 Å². The number of aliphatic imine (C=N–C) groups is 2. The molecule has 1 aliphatic rings. The van der Waals surface area contributed by atoms with Crippen LogP contribution in [0.25, 0.3) is 0 Å². The number of benzene rings is 1. The van der Waals surface area contributed by atoms with Crippen molar-refractivity contribution in [1.82, 2.24) is 4.98 Å². The van der Waals surface area contributed by atoms with Crippen LogP contribution >= 0.6 is 0 Å². The molecule has 0 bridgehead atoms. The third kappa shape index (κ3) is 6.97. The Morgan fingerprint density at radius 1 is 1.39 bits per heavy atom. The van der Waals surface area contributed by atoms with Gasteiger partial charge in [0, 0.05) is 18.2 Å². The van der Waals surface area contributed by atoms with Crippen molar-refractivity contribution in [1.29, 1.82) is 0 Å². The quantitative estimate of drug-likeness (QED) is 0.317. The largest absolute Gasteiger partial charge is 0.494 e. The highest BCUT2D eigenvalue weighted by atomic mass is 19.1. The fraction of sp³-hybridized carbons (Fsp3) is 0.360. The number of nitrogens with zero attached hydrogens (tertiary/aromatic N) is 3. The normalized spacial score (nSPS) is 19.6. The van der Waals surface area contributed by atoms with Crippen molar-refractivity contribution in [3.63, 3.8) is 0 Å². The van der Waals surface area contributed by atoms with Gasteiger partial charge in [0.2, 0.25) is 6.41 Å². The highest BCUT2D eigenvalue weighted by Gasteiger charge is 2.53. The Morgan fingerprint density at radius 2 is 2.15 bits per heavy atom. The van der Waals surface area contributed by atoms with Crippen LogP contribution in [-0.4, -0.2) is 44.6 Å². The Hall–Kier alpha value is -3.55. The second-order valence-electron chi connectivity index (χ2n) is 7.61. The maximum atomic E-state index is 13.7. The van der Waals surface area contributed by atoms with E-state index in [4.69, 9.17) is 9.47 Å². The fourth-order valence-corrected chi connectivity index (χ4v) is 3.35. The van der Waals surface area contributed by atoms with Crippen LogP contribution in [0.5, 0.6) is 5.75 Å². The molecule has 1 amide bonds. The molecular weight excluding hydrogens is 423 g/mol. The van der Waals surface area contributed by atoms with Crippen LogP contribution in [0.1, 0.15) is 32.8 Å². The van der Waals surface area contributed by atoms with Crippen LogP contribution < -0.4 is 10.1 Å². The highest BCUT2D eigenvalue weighted by molar-refractivity contribution is 5.77. The first-order valence-electron chi connectivity index (χ1n) is 10.7. The first-order valence-corrected chi connectivity index (χ1v) is 10.7. The van der Waals surface area contributed by atoms with Gasteiger partial charge >= 0.3 is 0 Å². The number of nitrogens with one attached hydrogen (secondary N) is 1. The zero-order chi connectivity index (χ0) is 24.3. The molecule has 0 aliphatic heterocycles. The highest BCUT2D eigenvalue weighted by Crippen LogP contribution is 2.55. The SMILES string of the molecule is C=N/C(C)=C(\C=NCC)OC[C@@]1(c2ccc(F)c(OC)c2)C[C@H]1C.O=CNc1ccccn1. The van der Waals surface area contributed by atoms with Gasteiger partial charge < -0.3 is 14.8 Å². The maximum Gasteiger partial charge on any atom is 0.212 e. The third-order valence-electron chi connectivity index (χ3n) is 5.52. The van der Waals surface area contributed by atoms with Gasteiger partial charge in [-0.15, -0.1) is 0 Å². The molecule has 8 heteroatoms. The van der Waals surface area contributed by atoms with Crippen LogP contribution in [0, 0.1) is 11.7 Å². The van der Waals surface area contributed by atoms with E-state index in [0.717, 1.165) is 12.0 Å². The van der Waals surface area contributed by atoms with Crippen LogP contribution in [0.4, 0.5) is 10.2 Å². The molecule has 2 atom stereocenters. The number of carbonyl (C=O) groups is 1. The van der Waals surface area contributed by atoms with Crippen molar-refractivity contribution in [3.05, 3.63) is 65.4 Å². The van der Waals surface area contributed by atoms with Crippen LogP contribution in [0.3, 0.4) is 0 Å². The summed E-state index contributed by atoms with van der Waals surface area (Å²) in [5.41, 5.74) is 1.60. The summed E-state index contributed by atoms with van der Waals surface area (Å²) in [6.07, 6.45) is 4.89. The van der Waals surface area contributed by atoms with Crippen LogP contribution in [-0.2, 0) is 14.9 Å². The number of hydrogen-bond acceptors (Lipinski definition) is 6. The lowest BCUT2D eigenvalue weighted by Crippen LogP contribution is -2.18. The van der Waals surface area contributed by atoms with E-state index in [9.17, 15) is 9.18 Å². The van der Waals surface area contributed by atoms with E-state index >= 15 is 0 Å². The van der Waals surface area contributed by atoms with E-state index < -0.39 is 0 Å². The molecule has 0 radical (unpaired) electrons. The number of rotatable bonds is 10. The van der Waals surface area contributed by atoms with Gasteiger partial charge in [0.25, 0.3) is 0 Å². The smallest absolute Gasteiger partial charge is 0.212 e.